The number of rotatable bonds is 9. The van der Waals surface area contributed by atoms with E-state index < -0.39 is 12.7 Å². The minimum Gasteiger partial charge on any atom is -0.338 e. The van der Waals surface area contributed by atoms with Crippen molar-refractivity contribution in [1.82, 2.24) is 15.5 Å². The van der Waals surface area contributed by atoms with Crippen molar-refractivity contribution in [3.8, 4) is 0 Å². The molecule has 1 unspecified atom stereocenters. The number of nitrogens with one attached hydrogen (secondary N) is 2. The van der Waals surface area contributed by atoms with Gasteiger partial charge in [-0.25, -0.2) is 4.79 Å². The molecule has 0 aliphatic heterocycles. The summed E-state index contributed by atoms with van der Waals surface area (Å²) < 4.78 is 36.6. The number of carbonyl (C=O) groups excluding carboxylic acids is 1. The van der Waals surface area contributed by atoms with E-state index >= 15 is 0 Å². The summed E-state index contributed by atoms with van der Waals surface area (Å²) in [6.07, 6.45) is -1.97. The van der Waals surface area contributed by atoms with Crippen LogP contribution in [-0.2, 0) is 0 Å². The highest BCUT2D eigenvalue weighted by Crippen LogP contribution is 2.18. The van der Waals surface area contributed by atoms with E-state index in [0.29, 0.717) is 13.0 Å². The van der Waals surface area contributed by atoms with E-state index in [1.807, 2.05) is 37.3 Å². The van der Waals surface area contributed by atoms with E-state index in [1.165, 1.54) is 11.9 Å². The second kappa shape index (κ2) is 10.2. The van der Waals surface area contributed by atoms with Crippen molar-refractivity contribution >= 4 is 6.03 Å². The molecule has 0 saturated heterocycles. The molecule has 1 aromatic rings. The summed E-state index contributed by atoms with van der Waals surface area (Å²) in [6.45, 7) is 1.72. The average molecular weight is 345 g/mol. The summed E-state index contributed by atoms with van der Waals surface area (Å²) in [7, 11) is 1.42. The van der Waals surface area contributed by atoms with Gasteiger partial charge in [0.1, 0.15) is 0 Å². The minimum atomic E-state index is -4.19. The molecule has 0 bridgehead atoms. The molecule has 0 saturated carbocycles. The summed E-state index contributed by atoms with van der Waals surface area (Å²) in [5, 5.41) is 5.62. The number of hydrogen-bond acceptors (Lipinski definition) is 2. The van der Waals surface area contributed by atoms with Crippen LogP contribution in [0.15, 0.2) is 30.3 Å². The number of carbonyl (C=O) groups is 1. The number of urea groups is 1. The van der Waals surface area contributed by atoms with Gasteiger partial charge in [-0.05, 0) is 32.0 Å². The van der Waals surface area contributed by atoms with E-state index in [-0.39, 0.29) is 18.6 Å². The predicted molar refractivity (Wildman–Crippen MR) is 88.8 cm³/mol. The van der Waals surface area contributed by atoms with Gasteiger partial charge in [0, 0.05) is 6.54 Å². The minimum absolute atomic E-state index is 0.0656. The number of amides is 2. The fourth-order valence-corrected chi connectivity index (χ4v) is 2.44. The molecule has 0 heterocycles. The first-order valence-electron chi connectivity index (χ1n) is 8.16. The monoisotopic (exact) mass is 345 g/mol. The molecule has 4 nitrogen and oxygen atoms in total. The van der Waals surface area contributed by atoms with Crippen LogP contribution in [0.1, 0.15) is 37.8 Å². The quantitative estimate of drug-likeness (QED) is 0.670. The van der Waals surface area contributed by atoms with Crippen molar-refractivity contribution in [2.45, 2.75) is 38.4 Å². The van der Waals surface area contributed by atoms with Gasteiger partial charge < -0.3 is 10.6 Å². The third-order valence-corrected chi connectivity index (χ3v) is 3.54. The highest BCUT2D eigenvalue weighted by Gasteiger charge is 2.28. The van der Waals surface area contributed by atoms with Crippen LogP contribution in [0.5, 0.6) is 0 Å². The van der Waals surface area contributed by atoms with Crippen molar-refractivity contribution in [3.63, 3.8) is 0 Å². The molecule has 0 fully saturated rings. The summed E-state index contributed by atoms with van der Waals surface area (Å²) in [5.74, 6) is 0. The van der Waals surface area contributed by atoms with Gasteiger partial charge in [-0.15, -0.1) is 0 Å². The van der Waals surface area contributed by atoms with E-state index in [2.05, 4.69) is 10.6 Å². The lowest BCUT2D eigenvalue weighted by molar-refractivity contribution is -0.143. The van der Waals surface area contributed by atoms with Gasteiger partial charge in [0.05, 0.1) is 12.6 Å². The molecule has 2 N–H and O–H groups in total. The molecule has 2 amide bonds. The Morgan fingerprint density at radius 2 is 1.92 bits per heavy atom. The smallest absolute Gasteiger partial charge is 0.338 e. The van der Waals surface area contributed by atoms with Crippen molar-refractivity contribution in [2.75, 3.05) is 26.7 Å². The summed E-state index contributed by atoms with van der Waals surface area (Å²) in [4.78, 5) is 13.2. The number of nitrogens with zero attached hydrogens (tertiary/aromatic N) is 1. The van der Waals surface area contributed by atoms with Crippen molar-refractivity contribution < 1.29 is 18.0 Å². The fraction of sp³-hybridized carbons (Fsp3) is 0.588. The number of hydrogen-bond donors (Lipinski definition) is 2. The number of benzene rings is 1. The third kappa shape index (κ3) is 8.76. The van der Waals surface area contributed by atoms with E-state index in [4.69, 9.17) is 0 Å². The molecule has 1 atom stereocenters. The lowest BCUT2D eigenvalue weighted by Gasteiger charge is -2.20. The van der Waals surface area contributed by atoms with Crippen molar-refractivity contribution in [3.05, 3.63) is 35.9 Å². The van der Waals surface area contributed by atoms with Crippen LogP contribution in [0.25, 0.3) is 0 Å². The normalized spacial score (nSPS) is 12.9. The Hall–Kier alpha value is -1.76. The zero-order valence-electron chi connectivity index (χ0n) is 14.2. The standard InChI is InChI=1S/C17H26F3N3O/c1-3-8-15(14-9-5-4-6-10-14)22-16(24)21-11-7-12-23(2)13-17(18,19)20/h4-6,9-10,15H,3,7-8,11-13H2,1-2H3,(H2,21,22,24). The number of alkyl halides is 3. The van der Waals surface area contributed by atoms with Gasteiger partial charge in [0.15, 0.2) is 0 Å². The van der Waals surface area contributed by atoms with Gasteiger partial charge in [-0.2, -0.15) is 13.2 Å². The van der Waals surface area contributed by atoms with Crippen LogP contribution in [0.3, 0.4) is 0 Å². The molecule has 0 aliphatic rings. The maximum absolute atomic E-state index is 12.2. The summed E-state index contributed by atoms with van der Waals surface area (Å²) in [6, 6.07) is 9.34. The zero-order chi connectivity index (χ0) is 18.0. The topological polar surface area (TPSA) is 44.4 Å². The Balaban J connectivity index is 2.31. The van der Waals surface area contributed by atoms with E-state index in [9.17, 15) is 18.0 Å². The molecule has 1 aromatic carbocycles. The van der Waals surface area contributed by atoms with Gasteiger partial charge in [-0.3, -0.25) is 4.90 Å². The van der Waals surface area contributed by atoms with Crippen LogP contribution in [-0.4, -0.2) is 43.8 Å². The second-order valence-corrected chi connectivity index (χ2v) is 5.86. The van der Waals surface area contributed by atoms with E-state index in [1.54, 1.807) is 0 Å². The lowest BCUT2D eigenvalue weighted by Crippen LogP contribution is -2.39. The maximum atomic E-state index is 12.2. The van der Waals surface area contributed by atoms with E-state index in [0.717, 1.165) is 18.4 Å². The zero-order valence-corrected chi connectivity index (χ0v) is 14.2. The molecule has 1 rings (SSSR count). The van der Waals surface area contributed by atoms with Crippen LogP contribution >= 0.6 is 0 Å². The van der Waals surface area contributed by atoms with Crippen LogP contribution < -0.4 is 10.6 Å². The summed E-state index contributed by atoms with van der Waals surface area (Å²) >= 11 is 0. The Bertz CT molecular complexity index is 480. The molecule has 0 spiro atoms. The van der Waals surface area contributed by atoms with Gasteiger partial charge in [0.25, 0.3) is 0 Å². The lowest BCUT2D eigenvalue weighted by atomic mass is 10.0. The molecule has 24 heavy (non-hydrogen) atoms. The fourth-order valence-electron chi connectivity index (χ4n) is 2.44. The van der Waals surface area contributed by atoms with Crippen molar-refractivity contribution in [2.24, 2.45) is 0 Å². The maximum Gasteiger partial charge on any atom is 0.401 e. The van der Waals surface area contributed by atoms with Crippen LogP contribution in [0, 0.1) is 0 Å². The molecular weight excluding hydrogens is 319 g/mol. The molecule has 0 radical (unpaired) electrons. The highest BCUT2D eigenvalue weighted by molar-refractivity contribution is 5.74. The Morgan fingerprint density at radius 3 is 2.50 bits per heavy atom. The first-order valence-corrected chi connectivity index (χ1v) is 8.16. The largest absolute Gasteiger partial charge is 0.401 e. The average Bonchev–Trinajstić information content (AvgIpc) is 2.50. The molecule has 7 heteroatoms. The van der Waals surface area contributed by atoms with Gasteiger partial charge in [-0.1, -0.05) is 43.7 Å². The second-order valence-electron chi connectivity index (χ2n) is 5.86. The predicted octanol–water partition coefficient (Wildman–Crippen LogP) is 3.71. The first kappa shape index (κ1) is 20.3. The van der Waals surface area contributed by atoms with Crippen LogP contribution in [0.4, 0.5) is 18.0 Å². The Morgan fingerprint density at radius 1 is 1.25 bits per heavy atom. The van der Waals surface area contributed by atoms with Gasteiger partial charge in [0.2, 0.25) is 0 Å². The molecular formula is C17H26F3N3O. The highest BCUT2D eigenvalue weighted by atomic mass is 19.4. The van der Waals surface area contributed by atoms with Gasteiger partial charge >= 0.3 is 12.2 Å². The summed E-state index contributed by atoms with van der Waals surface area (Å²) in [5.41, 5.74) is 1.04. The first-order chi connectivity index (χ1) is 11.3. The van der Waals surface area contributed by atoms with Crippen molar-refractivity contribution in [1.29, 1.82) is 0 Å². The Kier molecular flexibility index (Phi) is 8.60. The molecule has 0 aromatic heterocycles. The molecule has 0 aliphatic carbocycles. The third-order valence-electron chi connectivity index (χ3n) is 3.54. The SMILES string of the molecule is CCCC(NC(=O)NCCCN(C)CC(F)(F)F)c1ccccc1. The Labute approximate surface area is 141 Å². The molecule has 136 valence electrons. The number of halogens is 3. The van der Waals surface area contributed by atoms with Crippen LogP contribution in [0.2, 0.25) is 0 Å².